The number of imide groups is 1. The first-order valence-corrected chi connectivity index (χ1v) is 25.8. The molecule has 2 fully saturated rings. The molecule has 376 valence electrons. The fourth-order valence-corrected chi connectivity index (χ4v) is 11.2. The molecule has 3 aliphatic rings. The molecule has 2 saturated heterocycles. The Kier molecular flexibility index (Phi) is 13.8. The number of pyridine rings is 1. The molecular formula is C56H59N9O7S. The van der Waals surface area contributed by atoms with Crippen molar-refractivity contribution in [2.24, 2.45) is 13.0 Å². The van der Waals surface area contributed by atoms with Crippen molar-refractivity contribution >= 4 is 78.7 Å². The van der Waals surface area contributed by atoms with Crippen molar-refractivity contribution in [1.82, 2.24) is 30.0 Å². The number of piperidine rings is 2. The van der Waals surface area contributed by atoms with Crippen LogP contribution in [-0.2, 0) is 39.1 Å². The van der Waals surface area contributed by atoms with Crippen molar-refractivity contribution in [2.75, 3.05) is 48.3 Å². The largest absolute Gasteiger partial charge is 0.493 e. The van der Waals surface area contributed by atoms with E-state index >= 15 is 0 Å². The number of para-hydroxylation sites is 2. The number of amides is 4. The molecule has 1 atom stereocenters. The molecule has 0 bridgehead atoms. The standard InChI is InChI=1S/C56H59N9O7S/c1-33-36(12-10-17-44(33)71-30-26-34-23-27-64(28-24-34)32-48(67)57-43-16-9-14-39-49(62-63(5)51(39)43)40-20-22-47(66)60-53(40)69)37-19-21-46(59-50(37)54(70)72-56(2,3)4)65-29-25-35-11-8-13-38(41(35)31-65)52(68)61-55-58-42-15-6-7-18-45(42)73-55/h6-19,21,34,40H,20,22-32H2,1-5H3,(H,57,67)(H,58,61,68)(H,60,66,69). The number of aromatic nitrogens is 4. The van der Waals surface area contributed by atoms with E-state index in [2.05, 4.69) is 41.9 Å². The van der Waals surface area contributed by atoms with E-state index in [-0.39, 0.29) is 42.3 Å². The van der Waals surface area contributed by atoms with Crippen molar-refractivity contribution in [3.05, 3.63) is 125 Å². The van der Waals surface area contributed by atoms with Crippen LogP contribution < -0.4 is 25.6 Å². The van der Waals surface area contributed by atoms with Crippen molar-refractivity contribution in [3.63, 3.8) is 0 Å². The van der Waals surface area contributed by atoms with E-state index in [0.29, 0.717) is 71.9 Å². The van der Waals surface area contributed by atoms with Gasteiger partial charge in [-0.1, -0.05) is 59.9 Å². The second-order valence-corrected chi connectivity index (χ2v) is 21.2. The van der Waals surface area contributed by atoms with Crippen LogP contribution in [0.3, 0.4) is 0 Å². The summed E-state index contributed by atoms with van der Waals surface area (Å²) in [6, 6.07) is 28.9. The van der Waals surface area contributed by atoms with Crippen molar-refractivity contribution in [2.45, 2.75) is 84.3 Å². The Morgan fingerprint density at radius 1 is 0.849 bits per heavy atom. The maximum Gasteiger partial charge on any atom is 0.358 e. The topological polar surface area (TPSA) is 190 Å². The van der Waals surface area contributed by atoms with Gasteiger partial charge in [0.1, 0.15) is 17.2 Å². The van der Waals surface area contributed by atoms with Gasteiger partial charge in [0.15, 0.2) is 10.8 Å². The number of aryl methyl sites for hydroxylation is 1. The van der Waals surface area contributed by atoms with Crippen molar-refractivity contribution in [1.29, 1.82) is 0 Å². The molecule has 0 saturated carbocycles. The predicted octanol–water partition coefficient (Wildman–Crippen LogP) is 8.96. The molecule has 4 aromatic carbocycles. The Balaban J connectivity index is 0.770. The normalized spacial score (nSPS) is 16.6. The molecule has 10 rings (SSSR count). The number of fused-ring (bicyclic) bond motifs is 3. The Labute approximate surface area is 427 Å². The van der Waals surface area contributed by atoms with Crippen LogP contribution in [0.5, 0.6) is 5.75 Å². The van der Waals surface area contributed by atoms with Gasteiger partial charge in [-0.2, -0.15) is 5.10 Å². The Morgan fingerprint density at radius 2 is 1.64 bits per heavy atom. The summed E-state index contributed by atoms with van der Waals surface area (Å²) >= 11 is 1.44. The summed E-state index contributed by atoms with van der Waals surface area (Å²) in [5.41, 5.74) is 7.16. The van der Waals surface area contributed by atoms with Crippen LogP contribution >= 0.6 is 11.3 Å². The van der Waals surface area contributed by atoms with Crippen LogP contribution in [0.2, 0.25) is 0 Å². The molecule has 7 aromatic rings. The minimum absolute atomic E-state index is 0.123. The van der Waals surface area contributed by atoms with Crippen molar-refractivity contribution in [3.8, 4) is 16.9 Å². The molecule has 73 heavy (non-hydrogen) atoms. The Hall–Kier alpha value is -7.50. The highest BCUT2D eigenvalue weighted by atomic mass is 32.1. The summed E-state index contributed by atoms with van der Waals surface area (Å²) in [7, 11) is 1.79. The minimum Gasteiger partial charge on any atom is -0.493 e. The van der Waals surface area contributed by atoms with Crippen LogP contribution in [0.4, 0.5) is 16.6 Å². The van der Waals surface area contributed by atoms with Crippen LogP contribution in [0.1, 0.15) is 102 Å². The fraction of sp³-hybridized carbons (Fsp3) is 0.357. The number of ether oxygens (including phenoxy) is 2. The maximum atomic E-state index is 14.1. The molecule has 3 aliphatic heterocycles. The Morgan fingerprint density at radius 3 is 2.44 bits per heavy atom. The summed E-state index contributed by atoms with van der Waals surface area (Å²) in [6.45, 7) is 10.9. The quantitative estimate of drug-likeness (QED) is 0.0736. The zero-order valence-corrected chi connectivity index (χ0v) is 42.6. The second-order valence-electron chi connectivity index (χ2n) is 20.2. The van der Waals surface area contributed by atoms with Gasteiger partial charge < -0.3 is 19.7 Å². The van der Waals surface area contributed by atoms with E-state index in [9.17, 15) is 24.0 Å². The fourth-order valence-electron chi connectivity index (χ4n) is 10.3. The molecular weight excluding hydrogens is 943 g/mol. The van der Waals surface area contributed by atoms with Gasteiger partial charge in [0.05, 0.1) is 46.2 Å². The molecule has 0 radical (unpaired) electrons. The molecule has 3 aromatic heterocycles. The lowest BCUT2D eigenvalue weighted by molar-refractivity contribution is -0.134. The highest BCUT2D eigenvalue weighted by Crippen LogP contribution is 2.37. The lowest BCUT2D eigenvalue weighted by atomic mass is 9.92. The van der Waals surface area contributed by atoms with Gasteiger partial charge in [0.25, 0.3) is 5.91 Å². The number of esters is 1. The number of thiazole rings is 1. The van der Waals surface area contributed by atoms with Gasteiger partial charge in [0.2, 0.25) is 17.7 Å². The number of hydrogen-bond donors (Lipinski definition) is 3. The van der Waals surface area contributed by atoms with Gasteiger partial charge in [-0.25, -0.2) is 14.8 Å². The third-order valence-electron chi connectivity index (χ3n) is 14.0. The van der Waals surface area contributed by atoms with Crippen LogP contribution in [0.15, 0.2) is 91.0 Å². The molecule has 17 heteroatoms. The van der Waals surface area contributed by atoms with E-state index < -0.39 is 17.5 Å². The first-order chi connectivity index (χ1) is 35.2. The monoisotopic (exact) mass is 1000 g/mol. The van der Waals surface area contributed by atoms with Crippen LogP contribution in [0.25, 0.3) is 32.2 Å². The SMILES string of the molecule is Cc1c(OCCC2CCN(CC(=O)Nc3cccc4c(C5CCC(=O)NC5=O)nn(C)c34)CC2)cccc1-c1ccc(N2CCc3cccc(C(=O)Nc4nc5ccccc5s4)c3C2)nc1C(=O)OC(C)(C)C. The zero-order chi connectivity index (χ0) is 51.0. The molecule has 4 amide bonds. The number of anilines is 3. The third kappa shape index (κ3) is 10.7. The number of rotatable bonds is 13. The molecule has 0 aliphatic carbocycles. The van der Waals surface area contributed by atoms with Gasteiger partial charge in [-0.05, 0) is 144 Å². The average molecular weight is 1000 g/mol. The first kappa shape index (κ1) is 49.1. The first-order valence-electron chi connectivity index (χ1n) is 25.0. The zero-order valence-electron chi connectivity index (χ0n) is 41.7. The lowest BCUT2D eigenvalue weighted by Crippen LogP contribution is -2.39. The van der Waals surface area contributed by atoms with Gasteiger partial charge in [-0.3, -0.25) is 39.4 Å². The number of hydrogen-bond acceptors (Lipinski definition) is 13. The van der Waals surface area contributed by atoms with E-state index in [1.54, 1.807) is 11.7 Å². The van der Waals surface area contributed by atoms with Crippen molar-refractivity contribution < 1.29 is 33.4 Å². The number of carbonyl (C=O) groups excluding carboxylic acids is 5. The van der Waals surface area contributed by atoms with E-state index in [1.165, 1.54) is 11.3 Å². The maximum absolute atomic E-state index is 14.1. The molecule has 0 spiro atoms. The molecule has 16 nitrogen and oxygen atoms in total. The summed E-state index contributed by atoms with van der Waals surface area (Å²) in [6.07, 6.45) is 4.06. The molecule has 1 unspecified atom stereocenters. The molecule has 6 heterocycles. The van der Waals surface area contributed by atoms with E-state index in [4.69, 9.17) is 14.5 Å². The van der Waals surface area contributed by atoms with Crippen LogP contribution in [0, 0.1) is 12.8 Å². The summed E-state index contributed by atoms with van der Waals surface area (Å²) in [5.74, 6) is -0.266. The number of nitrogens with one attached hydrogen (secondary N) is 3. The number of carbonyl (C=O) groups is 5. The minimum atomic E-state index is -0.757. The smallest absolute Gasteiger partial charge is 0.358 e. The van der Waals surface area contributed by atoms with Gasteiger partial charge in [0, 0.05) is 43.1 Å². The summed E-state index contributed by atoms with van der Waals surface area (Å²) in [4.78, 5) is 79.6. The average Bonchev–Trinajstić information content (AvgIpc) is 3.94. The number of likely N-dealkylation sites (tertiary alicyclic amines) is 1. The van der Waals surface area contributed by atoms with E-state index in [1.807, 2.05) is 113 Å². The highest BCUT2D eigenvalue weighted by molar-refractivity contribution is 7.22. The van der Waals surface area contributed by atoms with Crippen LogP contribution in [-0.4, -0.2) is 92.6 Å². The lowest BCUT2D eigenvalue weighted by Gasteiger charge is -2.31. The van der Waals surface area contributed by atoms with Gasteiger partial charge >= 0.3 is 5.97 Å². The predicted molar refractivity (Wildman–Crippen MR) is 282 cm³/mol. The highest BCUT2D eigenvalue weighted by Gasteiger charge is 2.33. The summed E-state index contributed by atoms with van der Waals surface area (Å²) < 4.78 is 15.1. The number of nitrogens with zero attached hydrogens (tertiary/aromatic N) is 6. The number of benzene rings is 4. The third-order valence-corrected chi connectivity index (χ3v) is 14.9. The molecule has 3 N–H and O–H groups in total. The second kappa shape index (κ2) is 20.5. The van der Waals surface area contributed by atoms with Gasteiger partial charge in [-0.15, -0.1) is 0 Å². The summed E-state index contributed by atoms with van der Waals surface area (Å²) in [5, 5.41) is 14.5. The Bertz CT molecular complexity index is 3260. The van der Waals surface area contributed by atoms with E-state index in [0.717, 1.165) is 81.5 Å².